The van der Waals surface area contributed by atoms with Gasteiger partial charge in [0.05, 0.1) is 32.3 Å². The summed E-state index contributed by atoms with van der Waals surface area (Å²) in [5.41, 5.74) is 6.85. The topological polar surface area (TPSA) is 35.6 Å². The summed E-state index contributed by atoms with van der Waals surface area (Å²) in [6.45, 7) is 0. The highest BCUT2D eigenvalue weighted by atomic mass is 32.1. The summed E-state index contributed by atoms with van der Waals surface area (Å²) >= 11 is 1.78. The minimum atomic E-state index is 0.929. The fraction of sp³-hybridized carbons (Fsp3) is 0. The molecule has 0 N–H and O–H groups in total. The van der Waals surface area contributed by atoms with Gasteiger partial charge in [-0.05, 0) is 42.5 Å². The first-order valence-electron chi connectivity index (χ1n) is 13.0. The van der Waals surface area contributed by atoms with E-state index in [1.807, 2.05) is 0 Å². The molecule has 39 heavy (non-hydrogen) atoms. The molecule has 5 heteroatoms. The van der Waals surface area contributed by atoms with Gasteiger partial charge in [0.2, 0.25) is 0 Å². The molecule has 0 fully saturated rings. The molecule has 0 atom stereocenters. The van der Waals surface area contributed by atoms with Gasteiger partial charge >= 0.3 is 0 Å². The Bertz CT molecular complexity index is 2340. The van der Waals surface area contributed by atoms with E-state index in [0.717, 1.165) is 32.8 Å². The van der Waals surface area contributed by atoms with Crippen LogP contribution in [0, 0.1) is 0 Å². The van der Waals surface area contributed by atoms with Crippen LogP contribution in [0.5, 0.6) is 0 Å². The first-order valence-corrected chi connectivity index (χ1v) is 13.8. The Labute approximate surface area is 227 Å². The molecule has 0 saturated heterocycles. The molecule has 9 rings (SSSR count). The number of rotatable bonds is 2. The number of nitrogens with zero attached hydrogens (tertiary/aromatic N) is 4. The zero-order valence-electron chi connectivity index (χ0n) is 20.7. The second-order valence-electron chi connectivity index (χ2n) is 9.87. The maximum atomic E-state index is 4.92. The van der Waals surface area contributed by atoms with E-state index < -0.39 is 0 Å². The van der Waals surface area contributed by atoms with Crippen molar-refractivity contribution in [3.05, 3.63) is 122 Å². The van der Waals surface area contributed by atoms with Crippen molar-refractivity contribution in [3.63, 3.8) is 0 Å². The predicted molar refractivity (Wildman–Crippen MR) is 164 cm³/mol. The summed E-state index contributed by atoms with van der Waals surface area (Å²) in [6.07, 6.45) is 1.72. The quantitative estimate of drug-likeness (QED) is 0.230. The molecule has 0 radical (unpaired) electrons. The SMILES string of the molecule is c1ccc(-n2c3ccccc3c3c4c(ccc32)sc2c(-n3c5ccccc5c5ccccc53)ncnc24)cc1. The van der Waals surface area contributed by atoms with Crippen LogP contribution < -0.4 is 0 Å². The maximum absolute atomic E-state index is 4.92. The van der Waals surface area contributed by atoms with Gasteiger partial charge in [-0.1, -0.05) is 72.8 Å². The van der Waals surface area contributed by atoms with E-state index in [-0.39, 0.29) is 0 Å². The molecule has 0 aliphatic carbocycles. The third-order valence-electron chi connectivity index (χ3n) is 7.84. The molecule has 0 aliphatic heterocycles. The van der Waals surface area contributed by atoms with Crippen molar-refractivity contribution in [2.24, 2.45) is 0 Å². The molecule has 0 saturated carbocycles. The average molecular weight is 517 g/mol. The number of benzene rings is 5. The smallest absolute Gasteiger partial charge is 0.159 e. The van der Waals surface area contributed by atoms with Gasteiger partial charge in [-0.2, -0.15) is 0 Å². The largest absolute Gasteiger partial charge is 0.309 e. The van der Waals surface area contributed by atoms with Crippen molar-refractivity contribution in [1.29, 1.82) is 0 Å². The fourth-order valence-electron chi connectivity index (χ4n) is 6.27. The Morgan fingerprint density at radius 1 is 0.487 bits per heavy atom. The van der Waals surface area contributed by atoms with E-state index >= 15 is 0 Å². The Kier molecular flexibility index (Phi) is 4.18. The van der Waals surface area contributed by atoms with Crippen LogP contribution in [-0.2, 0) is 0 Å². The molecule has 182 valence electrons. The first-order chi connectivity index (χ1) is 19.4. The molecule has 4 nitrogen and oxygen atoms in total. The van der Waals surface area contributed by atoms with Crippen LogP contribution in [0.15, 0.2) is 122 Å². The Morgan fingerprint density at radius 3 is 1.82 bits per heavy atom. The highest BCUT2D eigenvalue weighted by molar-refractivity contribution is 7.26. The molecular weight excluding hydrogens is 496 g/mol. The summed E-state index contributed by atoms with van der Waals surface area (Å²) in [5.74, 6) is 0.929. The molecule has 4 aromatic heterocycles. The molecule has 4 heterocycles. The monoisotopic (exact) mass is 516 g/mol. The van der Waals surface area contributed by atoms with Gasteiger partial charge < -0.3 is 4.57 Å². The summed E-state index contributed by atoms with van der Waals surface area (Å²) in [5, 5.41) is 6.13. The molecule has 0 aliphatic rings. The van der Waals surface area contributed by atoms with E-state index in [4.69, 9.17) is 9.97 Å². The second kappa shape index (κ2) is 7.76. The number of para-hydroxylation sites is 4. The van der Waals surface area contributed by atoms with Gasteiger partial charge in [0, 0.05) is 37.3 Å². The third kappa shape index (κ3) is 2.77. The van der Waals surface area contributed by atoms with Crippen LogP contribution in [0.4, 0.5) is 0 Å². The van der Waals surface area contributed by atoms with Crippen LogP contribution in [0.2, 0.25) is 0 Å². The lowest BCUT2D eigenvalue weighted by molar-refractivity contribution is 1.08. The first kappa shape index (κ1) is 21.0. The van der Waals surface area contributed by atoms with E-state index in [9.17, 15) is 0 Å². The normalized spacial score (nSPS) is 12.1. The highest BCUT2D eigenvalue weighted by Crippen LogP contribution is 2.44. The van der Waals surface area contributed by atoms with Gasteiger partial charge in [-0.3, -0.25) is 4.57 Å². The predicted octanol–water partition coefficient (Wildman–Crippen LogP) is 9.04. The van der Waals surface area contributed by atoms with Crippen molar-refractivity contribution >= 4 is 75.3 Å². The maximum Gasteiger partial charge on any atom is 0.159 e. The summed E-state index contributed by atoms with van der Waals surface area (Å²) in [4.78, 5) is 9.81. The average Bonchev–Trinajstić information content (AvgIpc) is 3.65. The summed E-state index contributed by atoms with van der Waals surface area (Å²) < 4.78 is 6.98. The molecule has 0 bridgehead atoms. The minimum Gasteiger partial charge on any atom is -0.309 e. The van der Waals surface area contributed by atoms with Crippen LogP contribution >= 0.6 is 11.3 Å². The molecule has 0 unspecified atom stereocenters. The number of hydrogen-bond acceptors (Lipinski definition) is 3. The highest BCUT2D eigenvalue weighted by Gasteiger charge is 2.21. The number of hydrogen-bond donors (Lipinski definition) is 0. The summed E-state index contributed by atoms with van der Waals surface area (Å²) in [7, 11) is 0. The van der Waals surface area contributed by atoms with E-state index in [1.54, 1.807) is 17.7 Å². The lowest BCUT2D eigenvalue weighted by Gasteiger charge is -2.07. The Hall–Kier alpha value is -5.00. The minimum absolute atomic E-state index is 0.929. The molecule has 0 spiro atoms. The van der Waals surface area contributed by atoms with E-state index in [0.29, 0.717) is 0 Å². The molecule has 5 aromatic carbocycles. The Balaban J connectivity index is 1.45. The van der Waals surface area contributed by atoms with Crippen LogP contribution in [-0.4, -0.2) is 19.1 Å². The van der Waals surface area contributed by atoms with Crippen molar-refractivity contribution < 1.29 is 0 Å². The van der Waals surface area contributed by atoms with Gasteiger partial charge in [0.15, 0.2) is 5.82 Å². The van der Waals surface area contributed by atoms with Crippen LogP contribution in [0.3, 0.4) is 0 Å². The number of fused-ring (bicyclic) bond motifs is 10. The second-order valence-corrected chi connectivity index (χ2v) is 10.9. The number of thiophene rings is 1. The van der Waals surface area contributed by atoms with Crippen LogP contribution in [0.1, 0.15) is 0 Å². The third-order valence-corrected chi connectivity index (χ3v) is 8.98. The van der Waals surface area contributed by atoms with Gasteiger partial charge in [-0.15, -0.1) is 11.3 Å². The zero-order valence-corrected chi connectivity index (χ0v) is 21.6. The lowest BCUT2D eigenvalue weighted by atomic mass is 10.1. The van der Waals surface area contributed by atoms with Gasteiger partial charge in [0.1, 0.15) is 6.33 Å². The van der Waals surface area contributed by atoms with Gasteiger partial charge in [-0.25, -0.2) is 9.97 Å². The Morgan fingerprint density at radius 2 is 1.10 bits per heavy atom. The molecule has 0 amide bonds. The van der Waals surface area contributed by atoms with E-state index in [2.05, 4.69) is 124 Å². The van der Waals surface area contributed by atoms with Crippen molar-refractivity contribution in [2.75, 3.05) is 0 Å². The van der Waals surface area contributed by atoms with Crippen molar-refractivity contribution in [3.8, 4) is 11.5 Å². The molecule has 9 aromatic rings. The standard InChI is InChI=1S/C34H20N4S/c1-2-10-21(11-3-1)37-27-17-9-6-14-24(27)30-28(37)18-19-29-31(30)32-33(39-29)34(36-20-35-32)38-25-15-7-4-12-22(25)23-13-5-8-16-26(23)38/h1-20H. The lowest BCUT2D eigenvalue weighted by Crippen LogP contribution is -1.98. The fourth-order valence-corrected chi connectivity index (χ4v) is 7.42. The number of aromatic nitrogens is 4. The molecular formula is C34H20N4S. The summed E-state index contributed by atoms with van der Waals surface area (Å²) in [6, 6.07) is 41.0. The van der Waals surface area contributed by atoms with Crippen molar-refractivity contribution in [2.45, 2.75) is 0 Å². The van der Waals surface area contributed by atoms with Crippen molar-refractivity contribution in [1.82, 2.24) is 19.1 Å². The van der Waals surface area contributed by atoms with Gasteiger partial charge in [0.25, 0.3) is 0 Å². The van der Waals surface area contributed by atoms with E-state index in [1.165, 1.54) is 42.7 Å². The zero-order chi connectivity index (χ0) is 25.5. The van der Waals surface area contributed by atoms with Crippen LogP contribution in [0.25, 0.3) is 75.4 Å².